The van der Waals surface area contributed by atoms with E-state index in [9.17, 15) is 14.0 Å². The van der Waals surface area contributed by atoms with Crippen LogP contribution in [0, 0.1) is 5.82 Å². The Balaban J connectivity index is 2.10. The van der Waals surface area contributed by atoms with Gasteiger partial charge in [-0.15, -0.1) is 0 Å². The number of ether oxygens (including phenoxy) is 2. The highest BCUT2D eigenvalue weighted by molar-refractivity contribution is 6.30. The minimum atomic E-state index is -1.05. The lowest BCUT2D eigenvalue weighted by Crippen LogP contribution is -2.35. The number of hydrogen-bond acceptors (Lipinski definition) is 4. The summed E-state index contributed by atoms with van der Waals surface area (Å²) >= 11 is 6.02. The minimum absolute atomic E-state index is 0.0258. The third-order valence-electron chi connectivity index (χ3n) is 4.14. The van der Waals surface area contributed by atoms with Crippen LogP contribution in [0.2, 0.25) is 5.02 Å². The molecule has 6 nitrogen and oxygen atoms in total. The predicted octanol–water partition coefficient (Wildman–Crippen LogP) is 2.88. The van der Waals surface area contributed by atoms with E-state index in [0.717, 1.165) is 0 Å². The zero-order valence-corrected chi connectivity index (χ0v) is 14.6. The van der Waals surface area contributed by atoms with Crippen molar-refractivity contribution >= 4 is 23.6 Å². The molecule has 2 N–H and O–H groups in total. The molecule has 1 heterocycles. The second kappa shape index (κ2) is 7.21. The number of rotatable bonds is 5. The molecule has 2 atom stereocenters. The normalized spacial score (nSPS) is 17.7. The van der Waals surface area contributed by atoms with E-state index in [1.807, 2.05) is 0 Å². The van der Waals surface area contributed by atoms with Crippen LogP contribution in [0.5, 0.6) is 5.75 Å². The Bertz CT molecular complexity index is 844. The molecule has 1 aliphatic rings. The van der Waals surface area contributed by atoms with Crippen LogP contribution < -0.4 is 10.5 Å². The summed E-state index contributed by atoms with van der Waals surface area (Å²) in [5, 5.41) is 0.461. The van der Waals surface area contributed by atoms with Gasteiger partial charge in [0.1, 0.15) is 11.6 Å². The Hall–Kier alpha value is -2.80. The second-order valence-corrected chi connectivity index (χ2v) is 6.20. The van der Waals surface area contributed by atoms with Gasteiger partial charge in [-0.05, 0) is 29.8 Å². The first-order chi connectivity index (χ1) is 12.4. The highest BCUT2D eigenvalue weighted by Crippen LogP contribution is 2.38. The van der Waals surface area contributed by atoms with Crippen molar-refractivity contribution in [3.63, 3.8) is 0 Å². The number of benzene rings is 2. The highest BCUT2D eigenvalue weighted by Gasteiger charge is 2.40. The monoisotopic (exact) mass is 378 g/mol. The molecule has 136 valence electrons. The number of primary amides is 1. The molecule has 0 saturated carbocycles. The van der Waals surface area contributed by atoms with Crippen molar-refractivity contribution in [2.75, 3.05) is 13.7 Å². The molecule has 0 radical (unpaired) electrons. The summed E-state index contributed by atoms with van der Waals surface area (Å²) in [5.74, 6) is -0.696. The lowest BCUT2D eigenvalue weighted by atomic mass is 9.96. The number of carbonyl (C=O) groups is 2. The van der Waals surface area contributed by atoms with Gasteiger partial charge < -0.3 is 15.2 Å². The third kappa shape index (κ3) is 3.43. The molecule has 8 heteroatoms. The van der Waals surface area contributed by atoms with E-state index >= 15 is 0 Å². The van der Waals surface area contributed by atoms with Crippen molar-refractivity contribution in [1.29, 1.82) is 0 Å². The van der Waals surface area contributed by atoms with Crippen LogP contribution in [0.25, 0.3) is 0 Å². The molecular formula is C18H16ClFN2O4. The summed E-state index contributed by atoms with van der Waals surface area (Å²) in [6.45, 7) is -0.0258. The molecule has 0 bridgehead atoms. The number of nitrogens with two attached hydrogens (primary N) is 1. The SMILES string of the molecule is COc1cc(Cl)ccc1[C@@H](c1ccc(F)cc1)N1CC(C(N)=O)OC1=O. The van der Waals surface area contributed by atoms with Crippen molar-refractivity contribution < 1.29 is 23.5 Å². The molecule has 0 aliphatic carbocycles. The minimum Gasteiger partial charge on any atom is -0.496 e. The van der Waals surface area contributed by atoms with E-state index in [4.69, 9.17) is 26.8 Å². The van der Waals surface area contributed by atoms with Gasteiger partial charge in [-0.3, -0.25) is 9.69 Å². The van der Waals surface area contributed by atoms with Gasteiger partial charge in [-0.2, -0.15) is 0 Å². The van der Waals surface area contributed by atoms with Crippen LogP contribution >= 0.6 is 11.6 Å². The van der Waals surface area contributed by atoms with Crippen LogP contribution in [0.15, 0.2) is 42.5 Å². The summed E-state index contributed by atoms with van der Waals surface area (Å²) in [7, 11) is 1.48. The van der Waals surface area contributed by atoms with Gasteiger partial charge in [0.15, 0.2) is 6.10 Å². The number of hydrogen-bond donors (Lipinski definition) is 1. The average Bonchev–Trinajstić information content (AvgIpc) is 3.00. The fraction of sp³-hybridized carbons (Fsp3) is 0.222. The maximum atomic E-state index is 13.4. The van der Waals surface area contributed by atoms with E-state index in [-0.39, 0.29) is 6.54 Å². The number of amides is 2. The summed E-state index contributed by atoms with van der Waals surface area (Å²) in [4.78, 5) is 25.1. The van der Waals surface area contributed by atoms with E-state index in [0.29, 0.717) is 21.9 Å². The molecule has 2 aromatic carbocycles. The first-order valence-corrected chi connectivity index (χ1v) is 8.14. The average molecular weight is 379 g/mol. The van der Waals surface area contributed by atoms with Crippen LogP contribution in [-0.4, -0.2) is 36.7 Å². The Morgan fingerprint density at radius 1 is 1.35 bits per heavy atom. The first-order valence-electron chi connectivity index (χ1n) is 7.76. The van der Waals surface area contributed by atoms with Crippen LogP contribution in [-0.2, 0) is 9.53 Å². The smallest absolute Gasteiger partial charge is 0.411 e. The molecule has 1 saturated heterocycles. The van der Waals surface area contributed by atoms with Gasteiger partial charge in [0.25, 0.3) is 5.91 Å². The Labute approximate surface area is 154 Å². The van der Waals surface area contributed by atoms with Crippen molar-refractivity contribution in [2.45, 2.75) is 12.1 Å². The van der Waals surface area contributed by atoms with E-state index < -0.39 is 30.0 Å². The summed E-state index contributed by atoms with van der Waals surface area (Å²) in [5.41, 5.74) is 6.50. The number of carbonyl (C=O) groups excluding carboxylic acids is 2. The Morgan fingerprint density at radius 2 is 2.04 bits per heavy atom. The van der Waals surface area contributed by atoms with Crippen LogP contribution in [0.3, 0.4) is 0 Å². The zero-order valence-electron chi connectivity index (χ0n) is 13.8. The maximum absolute atomic E-state index is 13.4. The first kappa shape index (κ1) is 18.0. The van der Waals surface area contributed by atoms with Crippen molar-refractivity contribution in [3.8, 4) is 5.75 Å². The second-order valence-electron chi connectivity index (χ2n) is 5.77. The van der Waals surface area contributed by atoms with Gasteiger partial charge in [0.05, 0.1) is 19.7 Å². The van der Waals surface area contributed by atoms with E-state index in [1.165, 1.54) is 24.1 Å². The molecule has 0 spiro atoms. The Morgan fingerprint density at radius 3 is 2.62 bits per heavy atom. The Kier molecular flexibility index (Phi) is 4.99. The van der Waals surface area contributed by atoms with Crippen molar-refractivity contribution in [2.24, 2.45) is 5.73 Å². The fourth-order valence-corrected chi connectivity index (χ4v) is 3.08. The molecule has 1 unspecified atom stereocenters. The van der Waals surface area contributed by atoms with Gasteiger partial charge in [0, 0.05) is 10.6 Å². The summed E-state index contributed by atoms with van der Waals surface area (Å²) < 4.78 is 23.8. The van der Waals surface area contributed by atoms with Gasteiger partial charge >= 0.3 is 6.09 Å². The third-order valence-corrected chi connectivity index (χ3v) is 4.38. The van der Waals surface area contributed by atoms with Crippen molar-refractivity contribution in [1.82, 2.24) is 4.90 Å². The molecule has 2 amide bonds. The van der Waals surface area contributed by atoms with E-state index in [1.54, 1.807) is 30.3 Å². The fourth-order valence-electron chi connectivity index (χ4n) is 2.92. The lowest BCUT2D eigenvalue weighted by Gasteiger charge is -2.28. The number of methoxy groups -OCH3 is 1. The largest absolute Gasteiger partial charge is 0.496 e. The van der Waals surface area contributed by atoms with Crippen LogP contribution in [0.1, 0.15) is 17.2 Å². The maximum Gasteiger partial charge on any atom is 0.411 e. The molecule has 26 heavy (non-hydrogen) atoms. The van der Waals surface area contributed by atoms with Crippen LogP contribution in [0.4, 0.5) is 9.18 Å². The lowest BCUT2D eigenvalue weighted by molar-refractivity contribution is -0.124. The highest BCUT2D eigenvalue weighted by atomic mass is 35.5. The molecule has 1 aliphatic heterocycles. The molecular weight excluding hydrogens is 363 g/mol. The van der Waals surface area contributed by atoms with Gasteiger partial charge in [-0.1, -0.05) is 29.8 Å². The van der Waals surface area contributed by atoms with Gasteiger partial charge in [-0.25, -0.2) is 9.18 Å². The molecule has 2 aromatic rings. The quantitative estimate of drug-likeness (QED) is 0.867. The number of halogens is 2. The van der Waals surface area contributed by atoms with Crippen molar-refractivity contribution in [3.05, 3.63) is 64.4 Å². The molecule has 1 fully saturated rings. The predicted molar refractivity (Wildman–Crippen MR) is 92.4 cm³/mol. The molecule has 0 aromatic heterocycles. The number of cyclic esters (lactones) is 1. The van der Waals surface area contributed by atoms with E-state index in [2.05, 4.69) is 0 Å². The topological polar surface area (TPSA) is 81.9 Å². The number of nitrogens with zero attached hydrogens (tertiary/aromatic N) is 1. The van der Waals surface area contributed by atoms with Gasteiger partial charge in [0.2, 0.25) is 0 Å². The molecule has 3 rings (SSSR count). The summed E-state index contributed by atoms with van der Waals surface area (Å²) in [6.07, 6.45) is -1.75. The standard InChI is InChI=1S/C18H16ClFN2O4/c1-25-14-8-11(19)4-7-13(14)16(10-2-5-12(20)6-3-10)22-9-15(17(21)23)26-18(22)24/h2-8,15-16H,9H2,1H3,(H2,21,23)/t15?,16-/m1/s1. The summed E-state index contributed by atoms with van der Waals surface area (Å²) in [6, 6.07) is 10.00. The zero-order chi connectivity index (χ0) is 18.8.